The van der Waals surface area contributed by atoms with Gasteiger partial charge >= 0.3 is 12.1 Å². The molecule has 0 saturated heterocycles. The Kier molecular flexibility index (Phi) is 3.99. The number of carboxylic acids is 1. The van der Waals surface area contributed by atoms with Crippen LogP contribution in [-0.2, 0) is 6.18 Å². The molecule has 1 aromatic heterocycles. The van der Waals surface area contributed by atoms with Crippen molar-refractivity contribution in [2.45, 2.75) is 13.1 Å². The van der Waals surface area contributed by atoms with Gasteiger partial charge in [-0.15, -0.1) is 0 Å². The molecule has 2 aromatic rings. The minimum atomic E-state index is -4.59. The molecule has 114 valence electrons. The zero-order chi connectivity index (χ0) is 16.5. The van der Waals surface area contributed by atoms with Gasteiger partial charge in [0.1, 0.15) is 5.69 Å². The maximum absolute atomic E-state index is 12.7. The first kappa shape index (κ1) is 15.7. The molecule has 1 N–H and O–H groups in total. The third kappa shape index (κ3) is 3.13. The number of carboxylic acid groups (broad SMARTS) is 1. The van der Waals surface area contributed by atoms with E-state index in [9.17, 15) is 22.8 Å². The number of benzene rings is 1. The number of ketones is 1. The number of hydrogen-bond donors (Lipinski definition) is 1. The Bertz CT molecular complexity index is 754. The molecule has 0 aliphatic heterocycles. The van der Waals surface area contributed by atoms with Gasteiger partial charge in [0.15, 0.2) is 0 Å². The van der Waals surface area contributed by atoms with Crippen molar-refractivity contribution in [1.29, 1.82) is 0 Å². The first-order valence-electron chi connectivity index (χ1n) is 6.13. The molecule has 0 radical (unpaired) electrons. The van der Waals surface area contributed by atoms with Crippen molar-refractivity contribution in [2.24, 2.45) is 0 Å². The van der Waals surface area contributed by atoms with Gasteiger partial charge in [-0.1, -0.05) is 12.1 Å². The zero-order valence-electron chi connectivity index (χ0n) is 11.3. The Morgan fingerprint density at radius 3 is 2.41 bits per heavy atom. The lowest BCUT2D eigenvalue weighted by atomic mass is 10.0. The van der Waals surface area contributed by atoms with Crippen LogP contribution in [0.1, 0.15) is 37.7 Å². The zero-order valence-corrected chi connectivity index (χ0v) is 11.3. The molecule has 4 nitrogen and oxygen atoms in total. The monoisotopic (exact) mass is 309 g/mol. The fourth-order valence-corrected chi connectivity index (χ4v) is 1.88. The van der Waals surface area contributed by atoms with Crippen molar-refractivity contribution in [3.8, 4) is 0 Å². The Balaban J connectivity index is 2.54. The Labute approximate surface area is 123 Å². The highest BCUT2D eigenvalue weighted by molar-refractivity contribution is 6.13. The van der Waals surface area contributed by atoms with Crippen LogP contribution in [0.5, 0.6) is 0 Å². The number of aromatic carboxylic acids is 1. The lowest BCUT2D eigenvalue weighted by molar-refractivity contribution is -0.137. The van der Waals surface area contributed by atoms with Crippen LogP contribution in [0.4, 0.5) is 13.2 Å². The average molecular weight is 309 g/mol. The van der Waals surface area contributed by atoms with Crippen molar-refractivity contribution in [1.82, 2.24) is 4.98 Å². The number of hydrogen-bond acceptors (Lipinski definition) is 3. The van der Waals surface area contributed by atoms with Crippen LogP contribution in [-0.4, -0.2) is 21.8 Å². The van der Waals surface area contributed by atoms with Gasteiger partial charge in [-0.3, -0.25) is 4.79 Å². The van der Waals surface area contributed by atoms with E-state index in [0.29, 0.717) is 11.8 Å². The lowest BCUT2D eigenvalue weighted by Crippen LogP contribution is -2.14. The standard InChI is InChI=1S/C15H10F3NO3/c1-8-5-6-11(14(21)22)12(19-8)13(20)9-3-2-4-10(7-9)15(16,17)18/h2-7H,1H3,(H,21,22). The first-order chi connectivity index (χ1) is 10.2. The van der Waals surface area contributed by atoms with Crippen molar-refractivity contribution in [3.05, 3.63) is 64.5 Å². The molecular weight excluding hydrogens is 299 g/mol. The van der Waals surface area contributed by atoms with Crippen molar-refractivity contribution in [2.75, 3.05) is 0 Å². The summed E-state index contributed by atoms with van der Waals surface area (Å²) in [5.74, 6) is -2.24. The summed E-state index contributed by atoms with van der Waals surface area (Å²) in [6, 6.07) is 6.40. The molecule has 7 heteroatoms. The largest absolute Gasteiger partial charge is 0.478 e. The second kappa shape index (κ2) is 5.59. The highest BCUT2D eigenvalue weighted by Gasteiger charge is 2.31. The number of aromatic nitrogens is 1. The SMILES string of the molecule is Cc1ccc(C(=O)O)c(C(=O)c2cccc(C(F)(F)F)c2)n1. The van der Waals surface area contributed by atoms with Gasteiger partial charge in [-0.25, -0.2) is 9.78 Å². The van der Waals surface area contributed by atoms with Crippen molar-refractivity contribution < 1.29 is 27.9 Å². The summed E-state index contributed by atoms with van der Waals surface area (Å²) >= 11 is 0. The van der Waals surface area contributed by atoms with Crippen LogP contribution < -0.4 is 0 Å². The number of nitrogens with zero attached hydrogens (tertiary/aromatic N) is 1. The normalized spacial score (nSPS) is 11.3. The van der Waals surface area contributed by atoms with E-state index in [0.717, 1.165) is 12.1 Å². The van der Waals surface area contributed by atoms with Gasteiger partial charge in [0, 0.05) is 11.3 Å². The molecule has 0 bridgehead atoms. The predicted octanol–water partition coefficient (Wildman–Crippen LogP) is 3.34. The van der Waals surface area contributed by atoms with Gasteiger partial charge in [-0.2, -0.15) is 13.2 Å². The minimum Gasteiger partial charge on any atom is -0.478 e. The van der Waals surface area contributed by atoms with Crippen LogP contribution in [0.25, 0.3) is 0 Å². The van der Waals surface area contributed by atoms with Crippen LogP contribution in [0.15, 0.2) is 36.4 Å². The lowest BCUT2D eigenvalue weighted by Gasteiger charge is -2.09. The second-order valence-corrected chi connectivity index (χ2v) is 4.56. The molecule has 0 saturated carbocycles. The quantitative estimate of drug-likeness (QED) is 0.883. The summed E-state index contributed by atoms with van der Waals surface area (Å²) in [5, 5.41) is 9.06. The second-order valence-electron chi connectivity index (χ2n) is 4.56. The summed E-state index contributed by atoms with van der Waals surface area (Å²) in [7, 11) is 0. The summed E-state index contributed by atoms with van der Waals surface area (Å²) < 4.78 is 38.1. The average Bonchev–Trinajstić information content (AvgIpc) is 2.45. The van der Waals surface area contributed by atoms with Crippen LogP contribution in [0.3, 0.4) is 0 Å². The summed E-state index contributed by atoms with van der Waals surface area (Å²) in [4.78, 5) is 27.3. The van der Waals surface area contributed by atoms with Crippen molar-refractivity contribution >= 4 is 11.8 Å². The molecule has 0 spiro atoms. The van der Waals surface area contributed by atoms with E-state index >= 15 is 0 Å². The molecule has 1 heterocycles. The molecule has 0 aliphatic rings. The number of carbonyl (C=O) groups excluding carboxylic acids is 1. The maximum atomic E-state index is 12.7. The maximum Gasteiger partial charge on any atom is 0.416 e. The fourth-order valence-electron chi connectivity index (χ4n) is 1.88. The van der Waals surface area contributed by atoms with Gasteiger partial charge in [-0.05, 0) is 31.2 Å². The number of carbonyl (C=O) groups is 2. The topological polar surface area (TPSA) is 67.3 Å². The Morgan fingerprint density at radius 1 is 1.14 bits per heavy atom. The third-order valence-electron chi connectivity index (χ3n) is 2.93. The fraction of sp³-hybridized carbons (Fsp3) is 0.133. The molecule has 1 aromatic carbocycles. The highest BCUT2D eigenvalue weighted by Crippen LogP contribution is 2.30. The number of pyridine rings is 1. The molecule has 2 rings (SSSR count). The summed E-state index contributed by atoms with van der Waals surface area (Å²) in [5.41, 5.74) is -1.60. The van der Waals surface area contributed by atoms with Gasteiger partial charge in [0.2, 0.25) is 5.78 Å². The van der Waals surface area contributed by atoms with E-state index in [2.05, 4.69) is 4.98 Å². The number of rotatable bonds is 3. The molecule has 22 heavy (non-hydrogen) atoms. The van der Waals surface area contributed by atoms with E-state index in [1.54, 1.807) is 6.92 Å². The molecule has 0 atom stereocenters. The molecular formula is C15H10F3NO3. The van der Waals surface area contributed by atoms with Crippen LogP contribution in [0.2, 0.25) is 0 Å². The molecule has 0 aliphatic carbocycles. The van der Waals surface area contributed by atoms with E-state index < -0.39 is 23.5 Å². The van der Waals surface area contributed by atoms with E-state index in [4.69, 9.17) is 5.11 Å². The minimum absolute atomic E-state index is 0.268. The number of halogens is 3. The number of aryl methyl sites for hydroxylation is 1. The predicted molar refractivity (Wildman–Crippen MR) is 70.8 cm³/mol. The van der Waals surface area contributed by atoms with Gasteiger partial charge in [0.05, 0.1) is 11.1 Å². The molecule has 0 unspecified atom stereocenters. The van der Waals surface area contributed by atoms with Crippen LogP contribution in [0, 0.1) is 6.92 Å². The molecule has 0 fully saturated rings. The van der Waals surface area contributed by atoms with E-state index in [1.165, 1.54) is 18.2 Å². The highest BCUT2D eigenvalue weighted by atomic mass is 19.4. The Hall–Kier alpha value is -2.70. The summed E-state index contributed by atoms with van der Waals surface area (Å²) in [6.07, 6.45) is -4.59. The van der Waals surface area contributed by atoms with Crippen LogP contribution >= 0.6 is 0 Å². The smallest absolute Gasteiger partial charge is 0.416 e. The van der Waals surface area contributed by atoms with Crippen molar-refractivity contribution in [3.63, 3.8) is 0 Å². The van der Waals surface area contributed by atoms with Gasteiger partial charge in [0.25, 0.3) is 0 Å². The first-order valence-corrected chi connectivity index (χ1v) is 6.13. The Morgan fingerprint density at radius 2 is 1.82 bits per heavy atom. The third-order valence-corrected chi connectivity index (χ3v) is 2.93. The van der Waals surface area contributed by atoms with E-state index in [-0.39, 0.29) is 16.8 Å². The van der Waals surface area contributed by atoms with E-state index in [1.807, 2.05) is 0 Å². The molecule has 0 amide bonds. The summed E-state index contributed by atoms with van der Waals surface area (Å²) in [6.45, 7) is 1.55. The van der Waals surface area contributed by atoms with Gasteiger partial charge < -0.3 is 5.11 Å². The number of alkyl halides is 3.